The molecule has 6 nitrogen and oxygen atoms in total. The largest absolute Gasteiger partial charge is 0.389 e. The maximum absolute atomic E-state index is 11.0. The van der Waals surface area contributed by atoms with Gasteiger partial charge in [0.1, 0.15) is 5.69 Å². The SMILES string of the molecule is CC(=O)Nc1ccc(/C(C)=N/OCc2cc(-c3ccccc3)on2)cc1. The van der Waals surface area contributed by atoms with E-state index in [1.54, 1.807) is 0 Å². The molecular formula is C20H19N3O3. The van der Waals surface area contributed by atoms with Crippen molar-refractivity contribution in [2.45, 2.75) is 20.5 Å². The quantitative estimate of drug-likeness (QED) is 0.533. The lowest BCUT2D eigenvalue weighted by molar-refractivity contribution is -0.114. The van der Waals surface area contributed by atoms with Crippen LogP contribution in [0, 0.1) is 0 Å². The molecule has 0 unspecified atom stereocenters. The van der Waals surface area contributed by atoms with Crippen LogP contribution in [0.5, 0.6) is 0 Å². The second-order valence-corrected chi connectivity index (χ2v) is 5.76. The van der Waals surface area contributed by atoms with Crippen molar-refractivity contribution in [1.82, 2.24) is 5.16 Å². The van der Waals surface area contributed by atoms with Crippen LogP contribution in [0.25, 0.3) is 11.3 Å². The Bertz CT molecular complexity index is 900. The maximum Gasteiger partial charge on any atom is 0.221 e. The first kappa shape index (κ1) is 17.4. The second kappa shape index (κ2) is 8.11. The van der Waals surface area contributed by atoms with E-state index in [1.807, 2.05) is 67.6 Å². The summed E-state index contributed by atoms with van der Waals surface area (Å²) in [5, 5.41) is 10.8. The lowest BCUT2D eigenvalue weighted by Crippen LogP contribution is -2.06. The summed E-state index contributed by atoms with van der Waals surface area (Å²) in [6, 6.07) is 19.0. The van der Waals surface area contributed by atoms with E-state index >= 15 is 0 Å². The average Bonchev–Trinajstić information content (AvgIpc) is 3.11. The van der Waals surface area contributed by atoms with Gasteiger partial charge in [-0.1, -0.05) is 52.8 Å². The predicted molar refractivity (Wildman–Crippen MR) is 99.7 cm³/mol. The normalized spacial score (nSPS) is 11.2. The monoisotopic (exact) mass is 349 g/mol. The minimum absolute atomic E-state index is 0.103. The summed E-state index contributed by atoms with van der Waals surface area (Å²) < 4.78 is 5.32. The first-order chi connectivity index (χ1) is 12.6. The highest BCUT2D eigenvalue weighted by molar-refractivity contribution is 5.99. The van der Waals surface area contributed by atoms with Crippen molar-refractivity contribution in [3.63, 3.8) is 0 Å². The zero-order valence-corrected chi connectivity index (χ0v) is 14.6. The third-order valence-electron chi connectivity index (χ3n) is 3.65. The first-order valence-corrected chi connectivity index (χ1v) is 8.17. The molecule has 0 radical (unpaired) electrons. The summed E-state index contributed by atoms with van der Waals surface area (Å²) in [7, 11) is 0. The Hall–Kier alpha value is -3.41. The van der Waals surface area contributed by atoms with E-state index in [9.17, 15) is 4.79 Å². The minimum Gasteiger partial charge on any atom is -0.389 e. The number of carbonyl (C=O) groups excluding carboxylic acids is 1. The Labute approximate surface area is 151 Å². The Morgan fingerprint density at radius 3 is 2.54 bits per heavy atom. The molecule has 0 atom stereocenters. The van der Waals surface area contributed by atoms with Gasteiger partial charge in [0.05, 0.1) is 5.71 Å². The van der Waals surface area contributed by atoms with E-state index in [0.717, 1.165) is 22.5 Å². The van der Waals surface area contributed by atoms with E-state index in [2.05, 4.69) is 15.6 Å². The molecule has 3 rings (SSSR count). The zero-order chi connectivity index (χ0) is 18.4. The number of nitrogens with zero attached hydrogens (tertiary/aromatic N) is 2. The molecule has 3 aromatic rings. The van der Waals surface area contributed by atoms with Crippen LogP contribution < -0.4 is 5.32 Å². The van der Waals surface area contributed by atoms with Crippen molar-refractivity contribution in [2.75, 3.05) is 5.32 Å². The molecule has 0 saturated carbocycles. The van der Waals surface area contributed by atoms with Gasteiger partial charge in [-0.2, -0.15) is 0 Å². The van der Waals surface area contributed by atoms with Crippen LogP contribution in [0.15, 0.2) is 70.3 Å². The molecule has 132 valence electrons. The molecule has 1 aromatic heterocycles. The van der Waals surface area contributed by atoms with Crippen molar-refractivity contribution < 1.29 is 14.2 Å². The van der Waals surface area contributed by atoms with Crippen molar-refractivity contribution >= 4 is 17.3 Å². The lowest BCUT2D eigenvalue weighted by atomic mass is 10.1. The number of benzene rings is 2. The first-order valence-electron chi connectivity index (χ1n) is 8.17. The molecule has 0 aliphatic carbocycles. The Morgan fingerprint density at radius 2 is 1.85 bits per heavy atom. The third kappa shape index (κ3) is 4.57. The van der Waals surface area contributed by atoms with E-state index in [4.69, 9.17) is 9.36 Å². The molecular weight excluding hydrogens is 330 g/mol. The summed E-state index contributed by atoms with van der Waals surface area (Å²) in [5.74, 6) is 0.590. The Morgan fingerprint density at radius 1 is 1.12 bits per heavy atom. The van der Waals surface area contributed by atoms with Crippen molar-refractivity contribution in [2.24, 2.45) is 5.16 Å². The molecule has 0 fully saturated rings. The number of rotatable bonds is 6. The summed E-state index contributed by atoms with van der Waals surface area (Å²) in [6.07, 6.45) is 0. The molecule has 1 heterocycles. The van der Waals surface area contributed by atoms with Crippen LogP contribution >= 0.6 is 0 Å². The Balaban J connectivity index is 1.58. The molecule has 26 heavy (non-hydrogen) atoms. The predicted octanol–water partition coefficient (Wildman–Crippen LogP) is 4.24. The average molecular weight is 349 g/mol. The number of aromatic nitrogens is 1. The fourth-order valence-electron chi connectivity index (χ4n) is 2.36. The van der Waals surface area contributed by atoms with Crippen LogP contribution in [0.2, 0.25) is 0 Å². The molecule has 0 bridgehead atoms. The molecule has 6 heteroatoms. The van der Waals surface area contributed by atoms with E-state index in [0.29, 0.717) is 11.5 Å². The van der Waals surface area contributed by atoms with Crippen LogP contribution in [-0.4, -0.2) is 16.8 Å². The van der Waals surface area contributed by atoms with Gasteiger partial charge in [0, 0.05) is 24.2 Å². The van der Waals surface area contributed by atoms with Crippen molar-refractivity contribution in [3.05, 3.63) is 71.9 Å². The van der Waals surface area contributed by atoms with Gasteiger partial charge in [-0.3, -0.25) is 4.79 Å². The van der Waals surface area contributed by atoms with E-state index in [-0.39, 0.29) is 12.5 Å². The van der Waals surface area contributed by atoms with Gasteiger partial charge in [0.25, 0.3) is 0 Å². The zero-order valence-electron chi connectivity index (χ0n) is 14.6. The van der Waals surface area contributed by atoms with E-state index in [1.165, 1.54) is 6.92 Å². The van der Waals surface area contributed by atoms with Gasteiger partial charge >= 0.3 is 0 Å². The number of carbonyl (C=O) groups is 1. The number of nitrogens with one attached hydrogen (secondary N) is 1. The molecule has 2 aromatic carbocycles. The van der Waals surface area contributed by atoms with E-state index < -0.39 is 0 Å². The number of hydrogen-bond acceptors (Lipinski definition) is 5. The van der Waals surface area contributed by atoms with Crippen molar-refractivity contribution in [1.29, 1.82) is 0 Å². The Kier molecular flexibility index (Phi) is 5.43. The smallest absolute Gasteiger partial charge is 0.221 e. The van der Waals surface area contributed by atoms with Gasteiger partial charge < -0.3 is 14.7 Å². The standard InChI is InChI=1S/C20H19N3O3/c1-14(16-8-10-18(11-9-16)21-15(2)24)22-25-13-19-12-20(26-23-19)17-6-4-3-5-7-17/h3-12H,13H2,1-2H3,(H,21,24)/b22-14+. The highest BCUT2D eigenvalue weighted by atomic mass is 16.6. The number of hydrogen-bond donors (Lipinski definition) is 1. The highest BCUT2D eigenvalue weighted by Gasteiger charge is 2.07. The molecule has 1 N–H and O–H groups in total. The van der Waals surface area contributed by atoms with Crippen LogP contribution in [0.3, 0.4) is 0 Å². The maximum atomic E-state index is 11.0. The van der Waals surface area contributed by atoms with Gasteiger partial charge in [0.2, 0.25) is 5.91 Å². The number of oxime groups is 1. The fourth-order valence-corrected chi connectivity index (χ4v) is 2.36. The minimum atomic E-state index is -0.103. The van der Waals surface area contributed by atoms with Crippen LogP contribution in [0.1, 0.15) is 25.1 Å². The summed E-state index contributed by atoms with van der Waals surface area (Å²) in [5.41, 5.74) is 4.01. The lowest BCUT2D eigenvalue weighted by Gasteiger charge is -2.04. The molecule has 0 aliphatic heterocycles. The molecule has 0 aliphatic rings. The topological polar surface area (TPSA) is 76.7 Å². The molecule has 1 amide bonds. The highest BCUT2D eigenvalue weighted by Crippen LogP contribution is 2.20. The van der Waals surface area contributed by atoms with Crippen molar-refractivity contribution in [3.8, 4) is 11.3 Å². The van der Waals surface area contributed by atoms with Gasteiger partial charge in [-0.05, 0) is 24.6 Å². The van der Waals surface area contributed by atoms with Gasteiger partial charge in [0.15, 0.2) is 12.4 Å². The molecule has 0 saturated heterocycles. The number of anilines is 1. The summed E-state index contributed by atoms with van der Waals surface area (Å²) in [6.45, 7) is 3.55. The molecule has 0 spiro atoms. The van der Waals surface area contributed by atoms with Gasteiger partial charge in [-0.25, -0.2) is 0 Å². The third-order valence-corrected chi connectivity index (χ3v) is 3.65. The second-order valence-electron chi connectivity index (χ2n) is 5.76. The van der Waals surface area contributed by atoms with Gasteiger partial charge in [-0.15, -0.1) is 0 Å². The van der Waals surface area contributed by atoms with Crippen LogP contribution in [0.4, 0.5) is 5.69 Å². The summed E-state index contributed by atoms with van der Waals surface area (Å²) in [4.78, 5) is 16.4. The number of amides is 1. The fraction of sp³-hybridized carbons (Fsp3) is 0.150. The summed E-state index contributed by atoms with van der Waals surface area (Å²) >= 11 is 0. The van der Waals surface area contributed by atoms with Crippen LogP contribution in [-0.2, 0) is 16.2 Å².